The zero-order valence-electron chi connectivity index (χ0n) is 17.0. The summed E-state index contributed by atoms with van der Waals surface area (Å²) in [6.45, 7) is 13.7. The molecule has 1 heterocycles. The summed E-state index contributed by atoms with van der Waals surface area (Å²) >= 11 is 0. The van der Waals surface area contributed by atoms with Crippen molar-refractivity contribution in [3.8, 4) is 0 Å². The number of aromatic nitrogens is 2. The van der Waals surface area contributed by atoms with Gasteiger partial charge in [0.15, 0.2) is 5.96 Å². The molecule has 0 amide bonds. The molecule has 0 saturated carbocycles. The molecular formula is C19H37N5O. The molecule has 1 unspecified atom stereocenters. The van der Waals surface area contributed by atoms with Crippen LogP contribution in [0.25, 0.3) is 0 Å². The Bertz CT molecular complexity index is 524. The second kappa shape index (κ2) is 11.9. The molecule has 0 aliphatic rings. The van der Waals surface area contributed by atoms with Gasteiger partial charge in [0, 0.05) is 31.0 Å². The molecule has 6 nitrogen and oxygen atoms in total. The molecule has 1 rings (SSSR count). The molecule has 2 N–H and O–H groups in total. The second-order valence-corrected chi connectivity index (χ2v) is 6.60. The van der Waals surface area contributed by atoms with Gasteiger partial charge in [0.05, 0.1) is 25.4 Å². The number of unbranched alkanes of at least 4 members (excludes halogenated alkanes) is 2. The van der Waals surface area contributed by atoms with Gasteiger partial charge in [-0.2, -0.15) is 5.10 Å². The number of ether oxygens (including phenoxy) is 1. The van der Waals surface area contributed by atoms with Gasteiger partial charge in [0.25, 0.3) is 0 Å². The monoisotopic (exact) mass is 351 g/mol. The van der Waals surface area contributed by atoms with Gasteiger partial charge >= 0.3 is 0 Å². The number of hydrogen-bond donors (Lipinski definition) is 2. The Hall–Kier alpha value is -1.56. The lowest BCUT2D eigenvalue weighted by Crippen LogP contribution is -2.42. The minimum Gasteiger partial charge on any atom is -0.383 e. The number of aryl methyl sites for hydroxylation is 1. The molecule has 0 aliphatic heterocycles. The number of nitrogens with zero attached hydrogens (tertiary/aromatic N) is 3. The number of hydrogen-bond acceptors (Lipinski definition) is 3. The summed E-state index contributed by atoms with van der Waals surface area (Å²) in [6, 6.07) is 0.427. The summed E-state index contributed by atoms with van der Waals surface area (Å²) in [7, 11) is 1.72. The SMILES string of the molecule is CCCCCC(C)NC(=NCc1c(C)nn(CCOC)c1C)NCC. The van der Waals surface area contributed by atoms with Gasteiger partial charge in [-0.15, -0.1) is 0 Å². The summed E-state index contributed by atoms with van der Waals surface area (Å²) < 4.78 is 7.17. The first-order chi connectivity index (χ1) is 12.0. The standard InChI is InChI=1S/C19H37N5O/c1-7-9-10-11-15(3)22-19(20-8-2)21-14-18-16(4)23-24(17(18)5)12-13-25-6/h15H,7-14H2,1-6H3,(H2,20,21,22). The van der Waals surface area contributed by atoms with Crippen LogP contribution in [-0.4, -0.2) is 42.0 Å². The smallest absolute Gasteiger partial charge is 0.191 e. The van der Waals surface area contributed by atoms with Gasteiger partial charge in [-0.05, 0) is 34.1 Å². The van der Waals surface area contributed by atoms with E-state index in [9.17, 15) is 0 Å². The van der Waals surface area contributed by atoms with Crippen LogP contribution in [0.4, 0.5) is 0 Å². The maximum atomic E-state index is 5.16. The molecule has 25 heavy (non-hydrogen) atoms. The van der Waals surface area contributed by atoms with Gasteiger partial charge in [-0.1, -0.05) is 26.2 Å². The van der Waals surface area contributed by atoms with Crippen molar-refractivity contribution < 1.29 is 4.74 Å². The van der Waals surface area contributed by atoms with Crippen molar-refractivity contribution in [2.75, 3.05) is 20.3 Å². The Morgan fingerprint density at radius 2 is 2.04 bits per heavy atom. The summed E-state index contributed by atoms with van der Waals surface area (Å²) in [5, 5.41) is 11.5. The summed E-state index contributed by atoms with van der Waals surface area (Å²) in [4.78, 5) is 4.78. The zero-order valence-corrected chi connectivity index (χ0v) is 17.0. The van der Waals surface area contributed by atoms with Crippen molar-refractivity contribution in [3.63, 3.8) is 0 Å². The third kappa shape index (κ3) is 7.46. The molecule has 1 aromatic rings. The van der Waals surface area contributed by atoms with E-state index in [1.165, 1.54) is 36.9 Å². The molecule has 0 fully saturated rings. The fraction of sp³-hybridized carbons (Fsp3) is 0.789. The summed E-state index contributed by atoms with van der Waals surface area (Å²) in [5.41, 5.74) is 3.42. The van der Waals surface area contributed by atoms with E-state index in [2.05, 4.69) is 50.4 Å². The molecule has 0 aliphatic carbocycles. The number of methoxy groups -OCH3 is 1. The Labute approximate surface area is 153 Å². The highest BCUT2D eigenvalue weighted by molar-refractivity contribution is 5.80. The van der Waals surface area contributed by atoms with Crippen LogP contribution in [0.1, 0.15) is 63.4 Å². The number of guanidine groups is 1. The zero-order chi connectivity index (χ0) is 18.7. The lowest BCUT2D eigenvalue weighted by Gasteiger charge is -2.17. The van der Waals surface area contributed by atoms with Crippen LogP contribution < -0.4 is 10.6 Å². The van der Waals surface area contributed by atoms with Crippen molar-refractivity contribution in [1.29, 1.82) is 0 Å². The average Bonchev–Trinajstić information content (AvgIpc) is 2.85. The van der Waals surface area contributed by atoms with E-state index >= 15 is 0 Å². The molecule has 6 heteroatoms. The van der Waals surface area contributed by atoms with Crippen LogP contribution in [0.2, 0.25) is 0 Å². The summed E-state index contributed by atoms with van der Waals surface area (Å²) in [5.74, 6) is 0.884. The lowest BCUT2D eigenvalue weighted by molar-refractivity contribution is 0.182. The van der Waals surface area contributed by atoms with E-state index in [1.54, 1.807) is 7.11 Å². The third-order valence-corrected chi connectivity index (χ3v) is 4.40. The number of rotatable bonds is 11. The first-order valence-corrected chi connectivity index (χ1v) is 9.60. The molecule has 0 bridgehead atoms. The van der Waals surface area contributed by atoms with Gasteiger partial charge in [0.1, 0.15) is 0 Å². The Morgan fingerprint density at radius 1 is 1.28 bits per heavy atom. The van der Waals surface area contributed by atoms with E-state index in [4.69, 9.17) is 9.73 Å². The highest BCUT2D eigenvalue weighted by Gasteiger charge is 2.12. The maximum absolute atomic E-state index is 5.16. The van der Waals surface area contributed by atoms with Gasteiger partial charge in [-0.3, -0.25) is 4.68 Å². The van der Waals surface area contributed by atoms with Crippen molar-refractivity contribution in [2.24, 2.45) is 4.99 Å². The molecule has 1 aromatic heterocycles. The van der Waals surface area contributed by atoms with Crippen LogP contribution in [0.3, 0.4) is 0 Å². The van der Waals surface area contributed by atoms with E-state index in [0.717, 1.165) is 24.7 Å². The molecule has 0 spiro atoms. The Morgan fingerprint density at radius 3 is 2.68 bits per heavy atom. The normalized spacial score (nSPS) is 13.1. The fourth-order valence-corrected chi connectivity index (χ4v) is 2.84. The lowest BCUT2D eigenvalue weighted by atomic mass is 10.1. The topological polar surface area (TPSA) is 63.5 Å². The van der Waals surface area contributed by atoms with Crippen molar-refractivity contribution in [3.05, 3.63) is 17.0 Å². The van der Waals surface area contributed by atoms with E-state index < -0.39 is 0 Å². The minimum absolute atomic E-state index is 0.427. The predicted octanol–water partition coefficient (Wildman–Crippen LogP) is 3.17. The van der Waals surface area contributed by atoms with E-state index in [-0.39, 0.29) is 0 Å². The van der Waals surface area contributed by atoms with Crippen LogP contribution in [0.15, 0.2) is 4.99 Å². The second-order valence-electron chi connectivity index (χ2n) is 6.60. The Balaban J connectivity index is 2.72. The van der Waals surface area contributed by atoms with Crippen LogP contribution in [0, 0.1) is 13.8 Å². The molecule has 0 radical (unpaired) electrons. The first kappa shape index (κ1) is 21.5. The fourth-order valence-electron chi connectivity index (χ4n) is 2.84. The first-order valence-electron chi connectivity index (χ1n) is 9.60. The largest absolute Gasteiger partial charge is 0.383 e. The van der Waals surface area contributed by atoms with Crippen molar-refractivity contribution >= 4 is 5.96 Å². The van der Waals surface area contributed by atoms with E-state index in [1.807, 2.05) is 4.68 Å². The predicted molar refractivity (Wildman–Crippen MR) is 105 cm³/mol. The van der Waals surface area contributed by atoms with Gasteiger partial charge in [0.2, 0.25) is 0 Å². The molecular weight excluding hydrogens is 314 g/mol. The minimum atomic E-state index is 0.427. The van der Waals surface area contributed by atoms with Gasteiger partial charge < -0.3 is 15.4 Å². The quantitative estimate of drug-likeness (QED) is 0.365. The molecule has 1 atom stereocenters. The molecule has 0 aromatic carbocycles. The van der Waals surface area contributed by atoms with Crippen LogP contribution in [0.5, 0.6) is 0 Å². The van der Waals surface area contributed by atoms with Crippen molar-refractivity contribution in [1.82, 2.24) is 20.4 Å². The third-order valence-electron chi connectivity index (χ3n) is 4.40. The average molecular weight is 352 g/mol. The van der Waals surface area contributed by atoms with Crippen LogP contribution >= 0.6 is 0 Å². The molecule has 144 valence electrons. The highest BCUT2D eigenvalue weighted by Crippen LogP contribution is 2.14. The molecule has 0 saturated heterocycles. The Kier molecular flexibility index (Phi) is 10.2. The number of aliphatic imine (C=N–C) groups is 1. The van der Waals surface area contributed by atoms with Crippen LogP contribution in [-0.2, 0) is 17.8 Å². The maximum Gasteiger partial charge on any atom is 0.191 e. The summed E-state index contributed by atoms with van der Waals surface area (Å²) in [6.07, 6.45) is 4.98. The van der Waals surface area contributed by atoms with Gasteiger partial charge in [-0.25, -0.2) is 4.99 Å². The number of nitrogens with one attached hydrogen (secondary N) is 2. The van der Waals surface area contributed by atoms with Crippen molar-refractivity contribution in [2.45, 2.75) is 79.4 Å². The van der Waals surface area contributed by atoms with E-state index in [0.29, 0.717) is 19.2 Å². The highest BCUT2D eigenvalue weighted by atomic mass is 16.5.